The van der Waals surface area contributed by atoms with Gasteiger partial charge in [0.2, 0.25) is 5.91 Å². The van der Waals surface area contributed by atoms with E-state index in [4.69, 9.17) is 4.74 Å². The summed E-state index contributed by atoms with van der Waals surface area (Å²) in [6.45, 7) is 4.23. The zero-order chi connectivity index (χ0) is 9.68. The minimum Gasteiger partial charge on any atom is -0.385 e. The highest BCUT2D eigenvalue weighted by Crippen LogP contribution is 2.04. The predicted octanol–water partition coefficient (Wildman–Crippen LogP) is 0.191. The lowest BCUT2D eigenvalue weighted by Gasteiger charge is -2.14. The molecule has 0 aromatic carbocycles. The van der Waals surface area contributed by atoms with Crippen LogP contribution < -0.4 is 5.32 Å². The number of hydrogen-bond donors (Lipinski definition) is 1. The molecule has 1 aliphatic heterocycles. The van der Waals surface area contributed by atoms with Gasteiger partial charge in [-0.05, 0) is 19.8 Å². The average Bonchev–Trinajstić information content (AvgIpc) is 2.43. The van der Waals surface area contributed by atoms with E-state index in [2.05, 4.69) is 5.32 Å². The third-order valence-electron chi connectivity index (χ3n) is 2.30. The molecule has 0 aromatic heterocycles. The lowest BCUT2D eigenvalue weighted by atomic mass is 10.3. The highest BCUT2D eigenvalue weighted by molar-refractivity contribution is 5.83. The van der Waals surface area contributed by atoms with Crippen molar-refractivity contribution in [1.29, 1.82) is 0 Å². The van der Waals surface area contributed by atoms with Crippen molar-refractivity contribution in [3.05, 3.63) is 0 Å². The summed E-state index contributed by atoms with van der Waals surface area (Å²) in [7, 11) is 1.70. The number of nitrogens with one attached hydrogen (secondary N) is 1. The lowest BCUT2D eigenvalue weighted by Crippen LogP contribution is -2.29. The summed E-state index contributed by atoms with van der Waals surface area (Å²) in [5.41, 5.74) is 0. The van der Waals surface area contributed by atoms with E-state index in [1.165, 1.54) is 0 Å². The van der Waals surface area contributed by atoms with Crippen molar-refractivity contribution in [3.63, 3.8) is 0 Å². The number of unbranched alkanes of at least 4 members (excludes halogenated alkanes) is 1. The maximum atomic E-state index is 11.4. The fourth-order valence-electron chi connectivity index (χ4n) is 1.42. The van der Waals surface area contributed by atoms with E-state index < -0.39 is 0 Å². The van der Waals surface area contributed by atoms with Crippen LogP contribution in [0.3, 0.4) is 0 Å². The van der Waals surface area contributed by atoms with Gasteiger partial charge in [-0.15, -0.1) is 0 Å². The normalized spacial score (nSPS) is 22.8. The Labute approximate surface area is 79.2 Å². The molecule has 1 heterocycles. The third-order valence-corrected chi connectivity index (χ3v) is 2.30. The Kier molecular flexibility index (Phi) is 4.18. The Bertz CT molecular complexity index is 173. The van der Waals surface area contributed by atoms with E-state index in [0.717, 1.165) is 26.0 Å². The largest absolute Gasteiger partial charge is 0.385 e. The van der Waals surface area contributed by atoms with Gasteiger partial charge in [-0.2, -0.15) is 0 Å². The summed E-state index contributed by atoms with van der Waals surface area (Å²) in [5.74, 6) is 0.220. The third kappa shape index (κ3) is 2.97. The maximum Gasteiger partial charge on any atom is 0.240 e. The molecule has 0 bridgehead atoms. The average molecular weight is 186 g/mol. The van der Waals surface area contributed by atoms with Crippen molar-refractivity contribution in [3.8, 4) is 0 Å². The van der Waals surface area contributed by atoms with Crippen LogP contribution in [-0.2, 0) is 9.53 Å². The number of methoxy groups -OCH3 is 1. The molecular formula is C9H18N2O2. The van der Waals surface area contributed by atoms with Gasteiger partial charge < -0.3 is 9.64 Å². The Morgan fingerprint density at radius 3 is 2.92 bits per heavy atom. The van der Waals surface area contributed by atoms with Gasteiger partial charge in [-0.25, -0.2) is 0 Å². The van der Waals surface area contributed by atoms with Crippen molar-refractivity contribution in [2.24, 2.45) is 0 Å². The summed E-state index contributed by atoms with van der Waals surface area (Å²) in [6, 6.07) is 0.00225. The molecule has 0 aliphatic carbocycles. The van der Waals surface area contributed by atoms with Gasteiger partial charge in [-0.3, -0.25) is 10.1 Å². The van der Waals surface area contributed by atoms with Crippen LogP contribution in [0.4, 0.5) is 0 Å². The van der Waals surface area contributed by atoms with E-state index in [-0.39, 0.29) is 11.9 Å². The first-order valence-corrected chi connectivity index (χ1v) is 4.77. The second-order valence-corrected chi connectivity index (χ2v) is 3.39. The van der Waals surface area contributed by atoms with Crippen LogP contribution in [0.1, 0.15) is 19.8 Å². The van der Waals surface area contributed by atoms with Crippen LogP contribution in [0.15, 0.2) is 0 Å². The van der Waals surface area contributed by atoms with Gasteiger partial charge in [0.15, 0.2) is 0 Å². The monoisotopic (exact) mass is 186 g/mol. The second kappa shape index (κ2) is 5.19. The smallest absolute Gasteiger partial charge is 0.240 e. The first-order chi connectivity index (χ1) is 6.25. The summed E-state index contributed by atoms with van der Waals surface area (Å²) in [4.78, 5) is 13.3. The fourth-order valence-corrected chi connectivity index (χ4v) is 1.42. The lowest BCUT2D eigenvalue weighted by molar-refractivity contribution is -0.128. The molecule has 1 fully saturated rings. The Hall–Kier alpha value is -0.610. The molecule has 1 atom stereocenters. The van der Waals surface area contributed by atoms with E-state index in [9.17, 15) is 4.79 Å². The van der Waals surface area contributed by atoms with Crippen molar-refractivity contribution in [1.82, 2.24) is 10.2 Å². The van der Waals surface area contributed by atoms with Gasteiger partial charge in [-0.1, -0.05) is 0 Å². The van der Waals surface area contributed by atoms with Crippen LogP contribution in [0.5, 0.6) is 0 Å². The molecule has 1 rings (SSSR count). The highest BCUT2D eigenvalue weighted by atomic mass is 16.5. The minimum atomic E-state index is 0.00225. The second-order valence-electron chi connectivity index (χ2n) is 3.39. The zero-order valence-electron chi connectivity index (χ0n) is 8.38. The van der Waals surface area contributed by atoms with Gasteiger partial charge in [0.05, 0.1) is 12.7 Å². The van der Waals surface area contributed by atoms with E-state index >= 15 is 0 Å². The number of rotatable bonds is 5. The van der Waals surface area contributed by atoms with Gasteiger partial charge >= 0.3 is 0 Å². The first kappa shape index (κ1) is 10.5. The number of ether oxygens (including phenoxy) is 1. The van der Waals surface area contributed by atoms with Crippen LogP contribution in [-0.4, -0.2) is 43.8 Å². The summed E-state index contributed by atoms with van der Waals surface area (Å²) in [5, 5.41) is 3.11. The first-order valence-electron chi connectivity index (χ1n) is 4.77. The number of hydrogen-bond acceptors (Lipinski definition) is 3. The van der Waals surface area contributed by atoms with E-state index in [1.807, 2.05) is 11.8 Å². The summed E-state index contributed by atoms with van der Waals surface area (Å²) in [6.07, 6.45) is 2.04. The molecule has 0 radical (unpaired) electrons. The molecule has 4 nitrogen and oxygen atoms in total. The molecule has 1 amide bonds. The van der Waals surface area contributed by atoms with Crippen molar-refractivity contribution in [2.45, 2.75) is 25.8 Å². The molecule has 1 N–H and O–H groups in total. The molecule has 1 aliphatic rings. The van der Waals surface area contributed by atoms with Crippen LogP contribution in [0.25, 0.3) is 0 Å². The van der Waals surface area contributed by atoms with Crippen molar-refractivity contribution >= 4 is 5.91 Å². The SMILES string of the molecule is COCCCCN1CNC(C)C1=O. The zero-order valence-corrected chi connectivity index (χ0v) is 8.38. The number of amides is 1. The Morgan fingerprint density at radius 2 is 2.38 bits per heavy atom. The molecule has 1 saturated heterocycles. The fraction of sp³-hybridized carbons (Fsp3) is 0.889. The molecule has 0 spiro atoms. The summed E-state index contributed by atoms with van der Waals surface area (Å²) >= 11 is 0. The molecule has 0 aromatic rings. The van der Waals surface area contributed by atoms with Gasteiger partial charge in [0, 0.05) is 20.3 Å². The molecule has 1 unspecified atom stereocenters. The summed E-state index contributed by atoms with van der Waals surface area (Å²) < 4.78 is 4.94. The number of nitrogens with zero attached hydrogens (tertiary/aromatic N) is 1. The molecular weight excluding hydrogens is 168 g/mol. The number of carbonyl (C=O) groups excluding carboxylic acids is 1. The maximum absolute atomic E-state index is 11.4. The Balaban J connectivity index is 2.12. The van der Waals surface area contributed by atoms with Crippen molar-refractivity contribution in [2.75, 3.05) is 26.9 Å². The highest BCUT2D eigenvalue weighted by Gasteiger charge is 2.26. The van der Waals surface area contributed by atoms with Crippen LogP contribution in [0.2, 0.25) is 0 Å². The quantitative estimate of drug-likeness (QED) is 0.623. The van der Waals surface area contributed by atoms with E-state index in [1.54, 1.807) is 7.11 Å². The van der Waals surface area contributed by atoms with Crippen LogP contribution in [0, 0.1) is 0 Å². The molecule has 0 saturated carbocycles. The van der Waals surface area contributed by atoms with Crippen molar-refractivity contribution < 1.29 is 9.53 Å². The molecule has 76 valence electrons. The topological polar surface area (TPSA) is 41.6 Å². The van der Waals surface area contributed by atoms with Gasteiger partial charge in [0.1, 0.15) is 0 Å². The number of carbonyl (C=O) groups is 1. The molecule has 4 heteroatoms. The minimum absolute atomic E-state index is 0.00225. The standard InChI is InChI=1S/C9H18N2O2/c1-8-9(12)11(7-10-8)5-3-4-6-13-2/h8,10H,3-7H2,1-2H3. The van der Waals surface area contributed by atoms with Crippen LogP contribution >= 0.6 is 0 Å². The predicted molar refractivity (Wildman–Crippen MR) is 50.3 cm³/mol. The van der Waals surface area contributed by atoms with E-state index in [0.29, 0.717) is 6.67 Å². The Morgan fingerprint density at radius 1 is 1.62 bits per heavy atom. The molecule has 13 heavy (non-hydrogen) atoms. The van der Waals surface area contributed by atoms with Gasteiger partial charge in [0.25, 0.3) is 0 Å².